The smallest absolute Gasteiger partial charge is 0.341 e. The van der Waals surface area contributed by atoms with Crippen molar-refractivity contribution in [2.45, 2.75) is 6.92 Å². The number of nitro benzene ring substituents is 1. The summed E-state index contributed by atoms with van der Waals surface area (Å²) in [6, 6.07) is 8.38. The number of nitrogens with zero attached hydrogens (tertiary/aromatic N) is 1. The lowest BCUT2D eigenvalue weighted by molar-refractivity contribution is -0.385. The molecule has 2 aromatic rings. The highest BCUT2D eigenvalue weighted by molar-refractivity contribution is 6.34. The Morgan fingerprint density at radius 3 is 2.57 bits per heavy atom. The van der Waals surface area contributed by atoms with Gasteiger partial charge in [-0.2, -0.15) is 0 Å². The average molecular weight is 409 g/mol. The maximum absolute atomic E-state index is 12.1. The fourth-order valence-electron chi connectivity index (χ4n) is 2.25. The number of carbonyl (C=O) groups is 2. The predicted octanol–water partition coefficient (Wildman–Crippen LogP) is 3.45. The monoisotopic (exact) mass is 408 g/mol. The number of esters is 1. The molecule has 0 bridgehead atoms. The van der Waals surface area contributed by atoms with Crippen LogP contribution in [0.15, 0.2) is 36.4 Å². The van der Waals surface area contributed by atoms with Gasteiger partial charge in [-0.1, -0.05) is 23.7 Å². The van der Waals surface area contributed by atoms with Crippen molar-refractivity contribution in [2.75, 3.05) is 25.6 Å². The van der Waals surface area contributed by atoms with Crippen LogP contribution in [0.25, 0.3) is 0 Å². The van der Waals surface area contributed by atoms with Gasteiger partial charge < -0.3 is 19.5 Å². The fraction of sp³-hybridized carbons (Fsp3) is 0.222. The molecule has 0 unspecified atom stereocenters. The van der Waals surface area contributed by atoms with Crippen LogP contribution in [-0.4, -0.2) is 37.1 Å². The van der Waals surface area contributed by atoms with Crippen LogP contribution in [0, 0.1) is 10.1 Å². The quantitative estimate of drug-likeness (QED) is 0.403. The van der Waals surface area contributed by atoms with Gasteiger partial charge in [0.2, 0.25) is 0 Å². The zero-order valence-electron chi connectivity index (χ0n) is 15.1. The number of amides is 1. The van der Waals surface area contributed by atoms with Gasteiger partial charge in [0.25, 0.3) is 5.91 Å². The number of para-hydroxylation sites is 2. The van der Waals surface area contributed by atoms with E-state index >= 15 is 0 Å². The van der Waals surface area contributed by atoms with Crippen LogP contribution in [0.1, 0.15) is 17.3 Å². The van der Waals surface area contributed by atoms with Gasteiger partial charge in [0.05, 0.1) is 29.4 Å². The van der Waals surface area contributed by atoms with Gasteiger partial charge in [-0.3, -0.25) is 14.9 Å². The predicted molar refractivity (Wildman–Crippen MR) is 101 cm³/mol. The number of carbonyl (C=O) groups excluding carboxylic acids is 2. The SMILES string of the molecule is CCOC(=O)c1cc(Cl)c(NC(=O)COc2ccccc2[N+](=O)[O-])cc1OC. The first kappa shape index (κ1) is 21.0. The summed E-state index contributed by atoms with van der Waals surface area (Å²) in [4.78, 5) is 34.4. The number of nitrogens with one attached hydrogen (secondary N) is 1. The minimum Gasteiger partial charge on any atom is -0.496 e. The molecule has 1 N–H and O–H groups in total. The molecule has 148 valence electrons. The number of hydrogen-bond donors (Lipinski definition) is 1. The Morgan fingerprint density at radius 2 is 1.93 bits per heavy atom. The van der Waals surface area contributed by atoms with E-state index in [1.165, 1.54) is 37.4 Å². The summed E-state index contributed by atoms with van der Waals surface area (Å²) in [7, 11) is 1.36. The molecule has 0 aliphatic rings. The van der Waals surface area contributed by atoms with E-state index in [4.69, 9.17) is 25.8 Å². The molecule has 0 radical (unpaired) electrons. The summed E-state index contributed by atoms with van der Waals surface area (Å²) >= 11 is 6.12. The molecule has 10 heteroatoms. The van der Waals surface area contributed by atoms with Gasteiger partial charge in [-0.15, -0.1) is 0 Å². The molecule has 1 amide bonds. The minimum atomic E-state index is -0.612. The van der Waals surface area contributed by atoms with Crippen LogP contribution in [0.2, 0.25) is 5.02 Å². The zero-order valence-corrected chi connectivity index (χ0v) is 15.8. The van der Waals surface area contributed by atoms with E-state index < -0.39 is 23.4 Å². The van der Waals surface area contributed by atoms with Gasteiger partial charge in [0.15, 0.2) is 12.4 Å². The van der Waals surface area contributed by atoms with Crippen LogP contribution < -0.4 is 14.8 Å². The Bertz CT molecular complexity index is 901. The van der Waals surface area contributed by atoms with Crippen LogP contribution in [0.3, 0.4) is 0 Å². The van der Waals surface area contributed by atoms with E-state index in [0.29, 0.717) is 0 Å². The third-order valence-electron chi connectivity index (χ3n) is 3.48. The van der Waals surface area contributed by atoms with Crippen molar-refractivity contribution in [3.05, 3.63) is 57.1 Å². The van der Waals surface area contributed by atoms with Crippen molar-refractivity contribution in [1.29, 1.82) is 0 Å². The van der Waals surface area contributed by atoms with E-state index in [-0.39, 0.29) is 40.1 Å². The van der Waals surface area contributed by atoms with Crippen LogP contribution >= 0.6 is 11.6 Å². The topological polar surface area (TPSA) is 117 Å². The number of halogens is 1. The summed E-state index contributed by atoms with van der Waals surface area (Å²) in [6.07, 6.45) is 0. The number of hydrogen-bond acceptors (Lipinski definition) is 7. The van der Waals surface area contributed by atoms with Gasteiger partial charge in [-0.05, 0) is 19.1 Å². The highest BCUT2D eigenvalue weighted by atomic mass is 35.5. The molecule has 0 saturated carbocycles. The summed E-state index contributed by atoms with van der Waals surface area (Å²) in [5, 5.41) is 13.6. The van der Waals surface area contributed by atoms with Gasteiger partial charge in [0, 0.05) is 12.1 Å². The second-order valence-electron chi connectivity index (χ2n) is 5.31. The average Bonchev–Trinajstić information content (AvgIpc) is 2.67. The molecule has 0 spiro atoms. The van der Waals surface area contributed by atoms with E-state index in [1.54, 1.807) is 13.0 Å². The van der Waals surface area contributed by atoms with Crippen molar-refractivity contribution in [3.8, 4) is 11.5 Å². The molecule has 0 atom stereocenters. The van der Waals surface area contributed by atoms with Crippen molar-refractivity contribution >= 4 is 34.9 Å². The highest BCUT2D eigenvalue weighted by Gasteiger charge is 2.19. The lowest BCUT2D eigenvalue weighted by Crippen LogP contribution is -2.21. The Kier molecular flexibility index (Phi) is 7.16. The molecule has 9 nitrogen and oxygen atoms in total. The maximum Gasteiger partial charge on any atom is 0.341 e. The first-order valence-electron chi connectivity index (χ1n) is 8.08. The lowest BCUT2D eigenvalue weighted by atomic mass is 10.1. The number of anilines is 1. The number of nitro groups is 1. The molecule has 2 rings (SSSR count). The minimum absolute atomic E-state index is 0.0380. The van der Waals surface area contributed by atoms with E-state index in [0.717, 1.165) is 0 Å². The second-order valence-corrected chi connectivity index (χ2v) is 5.72. The first-order valence-corrected chi connectivity index (χ1v) is 8.45. The largest absolute Gasteiger partial charge is 0.496 e. The molecule has 0 fully saturated rings. The third-order valence-corrected chi connectivity index (χ3v) is 3.79. The second kappa shape index (κ2) is 9.56. The Balaban J connectivity index is 2.12. The van der Waals surface area contributed by atoms with E-state index in [1.807, 2.05) is 0 Å². The molecular weight excluding hydrogens is 392 g/mol. The standard InChI is InChI=1S/C18H17ClN2O7/c1-3-27-18(23)11-8-12(19)13(9-16(11)26-2)20-17(22)10-28-15-7-5-4-6-14(15)21(24)25/h4-9H,3,10H2,1-2H3,(H,20,22). The van der Waals surface area contributed by atoms with Gasteiger partial charge >= 0.3 is 11.7 Å². The van der Waals surface area contributed by atoms with Crippen LogP contribution in [0.5, 0.6) is 11.5 Å². The van der Waals surface area contributed by atoms with Crippen molar-refractivity contribution in [2.24, 2.45) is 0 Å². The lowest BCUT2D eigenvalue weighted by Gasteiger charge is -2.13. The van der Waals surface area contributed by atoms with E-state index in [2.05, 4.69) is 5.32 Å². The molecule has 2 aromatic carbocycles. The molecule has 28 heavy (non-hydrogen) atoms. The zero-order chi connectivity index (χ0) is 20.7. The molecular formula is C18H17ClN2O7. The van der Waals surface area contributed by atoms with Gasteiger partial charge in [-0.25, -0.2) is 4.79 Å². The summed E-state index contributed by atoms with van der Waals surface area (Å²) in [6.45, 7) is 1.36. The highest BCUT2D eigenvalue weighted by Crippen LogP contribution is 2.32. The third kappa shape index (κ3) is 5.10. The summed E-state index contributed by atoms with van der Waals surface area (Å²) in [5.74, 6) is -1.09. The van der Waals surface area contributed by atoms with Crippen LogP contribution in [0.4, 0.5) is 11.4 Å². The molecule has 0 aliphatic heterocycles. The molecule has 0 aromatic heterocycles. The molecule has 0 heterocycles. The number of methoxy groups -OCH3 is 1. The summed E-state index contributed by atoms with van der Waals surface area (Å²) < 4.78 is 15.3. The van der Waals surface area contributed by atoms with Crippen molar-refractivity contribution in [3.63, 3.8) is 0 Å². The summed E-state index contributed by atoms with van der Waals surface area (Å²) in [5.41, 5.74) is 0.0417. The van der Waals surface area contributed by atoms with Crippen molar-refractivity contribution in [1.82, 2.24) is 0 Å². The Labute approximate surface area is 165 Å². The molecule has 0 aliphatic carbocycles. The maximum atomic E-state index is 12.1. The van der Waals surface area contributed by atoms with Gasteiger partial charge in [0.1, 0.15) is 11.3 Å². The van der Waals surface area contributed by atoms with Crippen molar-refractivity contribution < 1.29 is 28.7 Å². The Hall–Kier alpha value is -3.33. The normalized spacial score (nSPS) is 10.1. The van der Waals surface area contributed by atoms with Crippen LogP contribution in [-0.2, 0) is 9.53 Å². The number of ether oxygens (including phenoxy) is 3. The number of benzene rings is 2. The molecule has 0 saturated heterocycles. The van der Waals surface area contributed by atoms with E-state index in [9.17, 15) is 19.7 Å². The number of rotatable bonds is 8. The Morgan fingerprint density at radius 1 is 1.21 bits per heavy atom. The first-order chi connectivity index (χ1) is 13.4. The fourth-order valence-corrected chi connectivity index (χ4v) is 2.46.